The lowest BCUT2D eigenvalue weighted by atomic mass is 9.89. The summed E-state index contributed by atoms with van der Waals surface area (Å²) in [4.78, 5) is 35.0. The molecule has 5 nitrogen and oxygen atoms in total. The fraction of sp³-hybridized carbons (Fsp3) is 0.500. The van der Waals surface area contributed by atoms with Crippen LogP contribution in [-0.4, -0.2) is 29.8 Å². The van der Waals surface area contributed by atoms with Crippen LogP contribution >= 0.6 is 0 Å². The van der Waals surface area contributed by atoms with E-state index in [2.05, 4.69) is 0 Å². The Hall–Kier alpha value is -2.50. The van der Waals surface area contributed by atoms with Gasteiger partial charge in [-0.25, -0.2) is 4.39 Å². The molecule has 0 saturated heterocycles. The van der Waals surface area contributed by atoms with Crippen molar-refractivity contribution in [2.45, 2.75) is 51.4 Å². The van der Waals surface area contributed by atoms with Gasteiger partial charge < -0.3 is 9.84 Å². The molecule has 152 valence electrons. The maximum Gasteiger partial charge on any atom is 0.303 e. The Labute approximate surface area is 164 Å². The van der Waals surface area contributed by atoms with Gasteiger partial charge in [-0.15, -0.1) is 0 Å². The van der Waals surface area contributed by atoms with Gasteiger partial charge in [0.25, 0.3) is 0 Å². The van der Waals surface area contributed by atoms with Crippen molar-refractivity contribution < 1.29 is 28.6 Å². The quantitative estimate of drug-likeness (QED) is 0.339. The Morgan fingerprint density at radius 1 is 1.25 bits per heavy atom. The largest absolute Gasteiger partial charge is 0.494 e. The minimum absolute atomic E-state index is 0.0264. The third kappa shape index (κ3) is 6.29. The summed E-state index contributed by atoms with van der Waals surface area (Å²) in [6.45, 7) is 0. The van der Waals surface area contributed by atoms with E-state index in [1.807, 2.05) is 0 Å². The predicted molar refractivity (Wildman–Crippen MR) is 103 cm³/mol. The first-order chi connectivity index (χ1) is 13.4. The maximum absolute atomic E-state index is 13.8. The molecule has 28 heavy (non-hydrogen) atoms. The number of Topliss-reactive ketones (excluding diaryl/α,β-unsaturated/α-hetero) is 1. The van der Waals surface area contributed by atoms with Crippen LogP contribution in [0.3, 0.4) is 0 Å². The predicted octanol–water partition coefficient (Wildman–Crippen LogP) is 4.59. The number of ether oxygens (including phenoxy) is 1. The molecular formula is C22H27FO5. The molecule has 1 aliphatic carbocycles. The van der Waals surface area contributed by atoms with Crippen LogP contribution in [0.25, 0.3) is 0 Å². The van der Waals surface area contributed by atoms with Crippen molar-refractivity contribution in [2.75, 3.05) is 7.11 Å². The molecule has 0 radical (unpaired) electrons. The Bertz CT molecular complexity index is 740. The second-order valence-corrected chi connectivity index (χ2v) is 7.19. The van der Waals surface area contributed by atoms with Crippen LogP contribution in [0.5, 0.6) is 5.75 Å². The van der Waals surface area contributed by atoms with Crippen molar-refractivity contribution in [3.63, 3.8) is 0 Å². The van der Waals surface area contributed by atoms with Gasteiger partial charge in [0.1, 0.15) is 5.78 Å². The molecule has 1 aliphatic rings. The monoisotopic (exact) mass is 390 g/mol. The van der Waals surface area contributed by atoms with E-state index in [0.29, 0.717) is 12.8 Å². The molecule has 0 aliphatic heterocycles. The highest BCUT2D eigenvalue weighted by molar-refractivity contribution is 6.04. The molecule has 6 heteroatoms. The van der Waals surface area contributed by atoms with E-state index >= 15 is 0 Å². The number of hydrogen-bond donors (Lipinski definition) is 1. The summed E-state index contributed by atoms with van der Waals surface area (Å²) in [7, 11) is 1.36. The third-order valence-corrected chi connectivity index (χ3v) is 5.24. The van der Waals surface area contributed by atoms with Crippen molar-refractivity contribution in [1.82, 2.24) is 0 Å². The van der Waals surface area contributed by atoms with E-state index in [-0.39, 0.29) is 41.1 Å². The highest BCUT2D eigenvalue weighted by atomic mass is 19.1. The number of carboxylic acid groups (broad SMARTS) is 1. The molecule has 0 heterocycles. The SMILES string of the molecule is COc1ccc(C(=O)C=CC2CCC(=O)C2CCCCCCC(=O)O)cc1F. The summed E-state index contributed by atoms with van der Waals surface area (Å²) in [5, 5.41) is 8.63. The summed E-state index contributed by atoms with van der Waals surface area (Å²) in [6.07, 6.45) is 8.67. The van der Waals surface area contributed by atoms with Gasteiger partial charge in [0.15, 0.2) is 17.3 Å². The zero-order valence-corrected chi connectivity index (χ0v) is 16.2. The highest BCUT2D eigenvalue weighted by Gasteiger charge is 2.32. The van der Waals surface area contributed by atoms with Crippen molar-refractivity contribution >= 4 is 17.5 Å². The molecule has 0 bridgehead atoms. The first-order valence-corrected chi connectivity index (χ1v) is 9.73. The number of carboxylic acids is 1. The smallest absolute Gasteiger partial charge is 0.303 e. The van der Waals surface area contributed by atoms with E-state index in [1.54, 1.807) is 6.08 Å². The highest BCUT2D eigenvalue weighted by Crippen LogP contribution is 2.34. The first-order valence-electron chi connectivity index (χ1n) is 9.73. The van der Waals surface area contributed by atoms with Gasteiger partial charge in [0, 0.05) is 24.3 Å². The number of carbonyl (C=O) groups is 3. The Morgan fingerprint density at radius 2 is 2.00 bits per heavy atom. The van der Waals surface area contributed by atoms with E-state index in [4.69, 9.17) is 9.84 Å². The number of unbranched alkanes of at least 4 members (excludes halogenated alkanes) is 3. The zero-order chi connectivity index (χ0) is 20.5. The number of allylic oxidation sites excluding steroid dienone is 2. The zero-order valence-electron chi connectivity index (χ0n) is 16.2. The van der Waals surface area contributed by atoms with Gasteiger partial charge in [-0.1, -0.05) is 25.3 Å². The van der Waals surface area contributed by atoms with Crippen LogP contribution in [0, 0.1) is 17.7 Å². The van der Waals surface area contributed by atoms with Crippen LogP contribution in [0.2, 0.25) is 0 Å². The van der Waals surface area contributed by atoms with Crippen LogP contribution < -0.4 is 4.74 Å². The summed E-state index contributed by atoms with van der Waals surface area (Å²) in [5.74, 6) is -1.41. The number of aliphatic carboxylic acids is 1. The number of methoxy groups -OCH3 is 1. The fourth-order valence-corrected chi connectivity index (χ4v) is 3.66. The van der Waals surface area contributed by atoms with Crippen LogP contribution in [0.1, 0.15) is 61.7 Å². The fourth-order valence-electron chi connectivity index (χ4n) is 3.66. The molecular weight excluding hydrogens is 363 g/mol. The van der Waals surface area contributed by atoms with E-state index in [1.165, 1.54) is 25.3 Å². The van der Waals surface area contributed by atoms with Gasteiger partial charge in [-0.05, 0) is 49.5 Å². The van der Waals surface area contributed by atoms with Crippen molar-refractivity contribution in [3.8, 4) is 5.75 Å². The normalized spacial score (nSPS) is 19.3. The maximum atomic E-state index is 13.8. The van der Waals surface area contributed by atoms with Crippen molar-refractivity contribution in [3.05, 3.63) is 41.7 Å². The average molecular weight is 390 g/mol. The summed E-state index contributed by atoms with van der Waals surface area (Å²) in [6, 6.07) is 4.09. The summed E-state index contributed by atoms with van der Waals surface area (Å²) >= 11 is 0. The van der Waals surface area contributed by atoms with Gasteiger partial charge >= 0.3 is 5.97 Å². The Morgan fingerprint density at radius 3 is 2.68 bits per heavy atom. The first kappa shape index (κ1) is 21.8. The Balaban J connectivity index is 1.87. The standard InChI is InChI=1S/C22H27FO5/c1-28-21-13-10-16(14-18(21)23)19(24)11-8-15-9-12-20(25)17(15)6-4-2-3-5-7-22(26)27/h8,10-11,13-15,17H,2-7,9,12H2,1H3,(H,26,27). The lowest BCUT2D eigenvalue weighted by molar-refractivity contribution is -0.137. The molecule has 1 saturated carbocycles. The van der Waals surface area contributed by atoms with E-state index in [9.17, 15) is 18.8 Å². The summed E-state index contributed by atoms with van der Waals surface area (Å²) in [5.41, 5.74) is 0.244. The van der Waals surface area contributed by atoms with Gasteiger partial charge in [-0.2, -0.15) is 0 Å². The molecule has 2 unspecified atom stereocenters. The minimum atomic E-state index is -0.780. The molecule has 1 fully saturated rings. The van der Waals surface area contributed by atoms with Gasteiger partial charge in [0.2, 0.25) is 0 Å². The molecule has 0 amide bonds. The molecule has 0 spiro atoms. The Kier molecular flexibility index (Phi) is 8.36. The minimum Gasteiger partial charge on any atom is -0.494 e. The lowest BCUT2D eigenvalue weighted by Crippen LogP contribution is -2.13. The second kappa shape index (κ2) is 10.7. The number of halogens is 1. The molecule has 2 atom stereocenters. The third-order valence-electron chi connectivity index (χ3n) is 5.24. The summed E-state index contributed by atoms with van der Waals surface area (Å²) < 4.78 is 18.6. The number of rotatable bonds is 11. The van der Waals surface area contributed by atoms with Gasteiger partial charge in [-0.3, -0.25) is 14.4 Å². The molecule has 1 aromatic rings. The molecule has 2 rings (SSSR count). The van der Waals surface area contributed by atoms with Crippen LogP contribution in [0.15, 0.2) is 30.4 Å². The number of carbonyl (C=O) groups excluding carboxylic acids is 2. The lowest BCUT2D eigenvalue weighted by Gasteiger charge is -2.14. The number of benzene rings is 1. The van der Waals surface area contributed by atoms with Crippen molar-refractivity contribution in [2.24, 2.45) is 11.8 Å². The van der Waals surface area contributed by atoms with Gasteiger partial charge in [0.05, 0.1) is 7.11 Å². The molecule has 1 N–H and O–H groups in total. The van der Waals surface area contributed by atoms with E-state index in [0.717, 1.165) is 38.2 Å². The van der Waals surface area contributed by atoms with E-state index < -0.39 is 11.8 Å². The van der Waals surface area contributed by atoms with Crippen molar-refractivity contribution in [1.29, 1.82) is 0 Å². The molecule has 1 aromatic carbocycles. The topological polar surface area (TPSA) is 80.7 Å². The number of hydrogen-bond acceptors (Lipinski definition) is 4. The van der Waals surface area contributed by atoms with Crippen LogP contribution in [0.4, 0.5) is 4.39 Å². The second-order valence-electron chi connectivity index (χ2n) is 7.19. The number of ketones is 2. The average Bonchev–Trinajstić information content (AvgIpc) is 3.02. The van der Waals surface area contributed by atoms with Crippen LogP contribution in [-0.2, 0) is 9.59 Å². The molecule has 0 aromatic heterocycles.